The average Bonchev–Trinajstić information content (AvgIpc) is 2.46. The molecule has 1 aliphatic rings. The van der Waals surface area contributed by atoms with Gasteiger partial charge in [0.25, 0.3) is 10.9 Å². The van der Waals surface area contributed by atoms with Gasteiger partial charge in [-0.25, -0.2) is 0 Å². The zero-order valence-corrected chi connectivity index (χ0v) is 10.3. The average molecular weight is 260 g/mol. The Hall–Kier alpha value is -2.50. The van der Waals surface area contributed by atoms with E-state index in [0.29, 0.717) is 36.1 Å². The van der Waals surface area contributed by atoms with Crippen molar-refractivity contribution in [3.05, 3.63) is 38.6 Å². The summed E-state index contributed by atoms with van der Waals surface area (Å²) in [5, 5.41) is 5.64. The molecular formula is C13H12N2O4. The van der Waals surface area contributed by atoms with Crippen molar-refractivity contribution in [3.63, 3.8) is 0 Å². The van der Waals surface area contributed by atoms with Crippen molar-refractivity contribution < 1.29 is 9.47 Å². The molecule has 19 heavy (non-hydrogen) atoms. The number of rotatable bonds is 3. The number of benzene rings is 1. The molecule has 6 heteroatoms. The second-order valence-corrected chi connectivity index (χ2v) is 4.11. The first-order valence-corrected chi connectivity index (χ1v) is 5.89. The quantitative estimate of drug-likeness (QED) is 0.796. The third-order valence-electron chi connectivity index (χ3n) is 2.99. The Morgan fingerprint density at radius 1 is 1.05 bits per heavy atom. The molecule has 0 aromatic heterocycles. The van der Waals surface area contributed by atoms with Gasteiger partial charge in [-0.05, 0) is 12.1 Å². The van der Waals surface area contributed by atoms with E-state index < -0.39 is 10.9 Å². The number of nitrogens with one attached hydrogen (secondary N) is 2. The Balaban J connectivity index is 1.98. The number of para-hydroxylation sites is 1. The SMILES string of the molecule is CNc1c(Nc2cccc3c2OCCO3)c(=O)c1=O. The maximum Gasteiger partial charge on any atom is 0.253 e. The first kappa shape index (κ1) is 11.6. The van der Waals surface area contributed by atoms with E-state index in [9.17, 15) is 9.59 Å². The molecule has 0 saturated carbocycles. The highest BCUT2D eigenvalue weighted by Crippen LogP contribution is 2.38. The van der Waals surface area contributed by atoms with Crippen LogP contribution in [0.25, 0.3) is 0 Å². The van der Waals surface area contributed by atoms with Gasteiger partial charge in [0, 0.05) is 7.05 Å². The highest BCUT2D eigenvalue weighted by Gasteiger charge is 2.22. The molecule has 0 aliphatic carbocycles. The molecule has 0 bridgehead atoms. The molecule has 3 rings (SSSR count). The fourth-order valence-corrected chi connectivity index (χ4v) is 2.06. The Morgan fingerprint density at radius 3 is 2.58 bits per heavy atom. The van der Waals surface area contributed by atoms with Crippen molar-refractivity contribution in [2.24, 2.45) is 0 Å². The van der Waals surface area contributed by atoms with Gasteiger partial charge in [-0.1, -0.05) is 6.07 Å². The zero-order chi connectivity index (χ0) is 13.4. The molecule has 2 aromatic rings. The largest absolute Gasteiger partial charge is 0.486 e. The van der Waals surface area contributed by atoms with Crippen LogP contribution in [0.3, 0.4) is 0 Å². The van der Waals surface area contributed by atoms with Crippen LogP contribution in [0.4, 0.5) is 17.1 Å². The summed E-state index contributed by atoms with van der Waals surface area (Å²) in [5.74, 6) is 1.19. The number of hydrogen-bond acceptors (Lipinski definition) is 6. The standard InChI is InChI=1S/C13H12N2O4/c1-14-9-10(12(17)11(9)16)15-7-3-2-4-8-13(7)19-6-5-18-8/h2-4,14-15H,5-6H2,1H3. The summed E-state index contributed by atoms with van der Waals surface area (Å²) in [6.07, 6.45) is 0. The normalized spacial score (nSPS) is 13.3. The molecule has 6 nitrogen and oxygen atoms in total. The molecule has 0 spiro atoms. The van der Waals surface area contributed by atoms with Crippen molar-refractivity contribution in [2.75, 3.05) is 30.9 Å². The second kappa shape index (κ2) is 4.31. The molecule has 0 saturated heterocycles. The first-order chi connectivity index (χ1) is 9.22. The van der Waals surface area contributed by atoms with E-state index in [1.54, 1.807) is 25.2 Å². The van der Waals surface area contributed by atoms with Crippen LogP contribution >= 0.6 is 0 Å². The fraction of sp³-hybridized carbons (Fsp3) is 0.231. The second-order valence-electron chi connectivity index (χ2n) is 4.11. The van der Waals surface area contributed by atoms with Gasteiger partial charge in [0.2, 0.25) is 0 Å². The molecule has 2 aromatic carbocycles. The summed E-state index contributed by atoms with van der Waals surface area (Å²) in [5.41, 5.74) is 0.126. The van der Waals surface area contributed by atoms with Gasteiger partial charge in [0.15, 0.2) is 11.5 Å². The van der Waals surface area contributed by atoms with Crippen molar-refractivity contribution in [3.8, 4) is 11.5 Å². The van der Waals surface area contributed by atoms with Crippen LogP contribution in [-0.4, -0.2) is 20.3 Å². The van der Waals surface area contributed by atoms with Crippen molar-refractivity contribution >= 4 is 17.1 Å². The molecule has 0 unspecified atom stereocenters. The van der Waals surface area contributed by atoms with Gasteiger partial charge in [-0.2, -0.15) is 0 Å². The summed E-state index contributed by atoms with van der Waals surface area (Å²) in [4.78, 5) is 22.8. The minimum Gasteiger partial charge on any atom is -0.486 e. The smallest absolute Gasteiger partial charge is 0.253 e. The van der Waals surface area contributed by atoms with E-state index in [1.807, 2.05) is 0 Å². The molecule has 0 radical (unpaired) electrons. The van der Waals surface area contributed by atoms with Crippen LogP contribution in [0.15, 0.2) is 27.8 Å². The highest BCUT2D eigenvalue weighted by molar-refractivity contribution is 5.81. The van der Waals surface area contributed by atoms with Gasteiger partial charge in [0.1, 0.15) is 24.6 Å². The van der Waals surface area contributed by atoms with Gasteiger partial charge >= 0.3 is 0 Å². The molecule has 0 atom stereocenters. The third kappa shape index (κ3) is 1.72. The van der Waals surface area contributed by atoms with E-state index in [-0.39, 0.29) is 5.69 Å². The predicted molar refractivity (Wildman–Crippen MR) is 71.6 cm³/mol. The predicted octanol–water partition coefficient (Wildman–Crippen LogP) is 0.839. The van der Waals surface area contributed by atoms with Gasteiger partial charge < -0.3 is 20.1 Å². The van der Waals surface area contributed by atoms with E-state index in [0.717, 1.165) is 0 Å². The summed E-state index contributed by atoms with van der Waals surface area (Å²) in [6, 6.07) is 5.35. The Kier molecular flexibility index (Phi) is 2.63. The van der Waals surface area contributed by atoms with Crippen LogP contribution in [0.1, 0.15) is 0 Å². The molecule has 98 valence electrons. The molecule has 1 aliphatic heterocycles. The Morgan fingerprint density at radius 2 is 1.79 bits per heavy atom. The number of ether oxygens (including phenoxy) is 2. The van der Waals surface area contributed by atoms with Crippen molar-refractivity contribution in [1.29, 1.82) is 0 Å². The number of hydrogen-bond donors (Lipinski definition) is 2. The number of anilines is 3. The maximum absolute atomic E-state index is 11.5. The lowest BCUT2D eigenvalue weighted by Gasteiger charge is -2.22. The van der Waals surface area contributed by atoms with Gasteiger partial charge in [-0.3, -0.25) is 9.59 Å². The zero-order valence-electron chi connectivity index (χ0n) is 10.3. The molecule has 1 heterocycles. The highest BCUT2D eigenvalue weighted by atomic mass is 16.6. The molecule has 0 fully saturated rings. The minimum absolute atomic E-state index is 0.259. The fourth-order valence-electron chi connectivity index (χ4n) is 2.06. The Labute approximate surface area is 108 Å². The summed E-state index contributed by atoms with van der Waals surface area (Å²) < 4.78 is 11.0. The summed E-state index contributed by atoms with van der Waals surface area (Å²) in [6.45, 7) is 0.953. The summed E-state index contributed by atoms with van der Waals surface area (Å²) in [7, 11) is 1.60. The van der Waals surface area contributed by atoms with Crippen LogP contribution in [0.2, 0.25) is 0 Å². The number of fused-ring (bicyclic) bond motifs is 1. The van der Waals surface area contributed by atoms with Crippen LogP contribution in [0, 0.1) is 0 Å². The Bertz CT molecular complexity index is 701. The monoisotopic (exact) mass is 260 g/mol. The topological polar surface area (TPSA) is 76.7 Å². The van der Waals surface area contributed by atoms with Crippen molar-refractivity contribution in [2.45, 2.75) is 0 Å². The third-order valence-corrected chi connectivity index (χ3v) is 2.99. The first-order valence-electron chi connectivity index (χ1n) is 5.89. The van der Waals surface area contributed by atoms with Crippen LogP contribution in [-0.2, 0) is 0 Å². The van der Waals surface area contributed by atoms with E-state index in [1.165, 1.54) is 0 Å². The lowest BCUT2D eigenvalue weighted by Crippen LogP contribution is -2.36. The van der Waals surface area contributed by atoms with Crippen LogP contribution < -0.4 is 31.0 Å². The lowest BCUT2D eigenvalue weighted by molar-refractivity contribution is 0.172. The van der Waals surface area contributed by atoms with E-state index in [4.69, 9.17) is 9.47 Å². The minimum atomic E-state index is -0.529. The van der Waals surface area contributed by atoms with Gasteiger partial charge in [-0.15, -0.1) is 0 Å². The van der Waals surface area contributed by atoms with E-state index >= 15 is 0 Å². The molecular weight excluding hydrogens is 248 g/mol. The maximum atomic E-state index is 11.5. The molecule has 2 N–H and O–H groups in total. The summed E-state index contributed by atoms with van der Waals surface area (Å²) >= 11 is 0. The van der Waals surface area contributed by atoms with Crippen molar-refractivity contribution in [1.82, 2.24) is 0 Å². The van der Waals surface area contributed by atoms with Gasteiger partial charge in [0.05, 0.1) is 5.69 Å². The van der Waals surface area contributed by atoms with Crippen LogP contribution in [0.5, 0.6) is 11.5 Å². The molecule has 0 amide bonds. The lowest BCUT2D eigenvalue weighted by atomic mass is 10.1. The van der Waals surface area contributed by atoms with E-state index in [2.05, 4.69) is 10.6 Å².